The first-order valence-corrected chi connectivity index (χ1v) is 12.0. The number of hydrogen-bond acceptors (Lipinski definition) is 6. The van der Waals surface area contributed by atoms with Crippen molar-refractivity contribution in [1.29, 1.82) is 0 Å². The second-order valence-electron chi connectivity index (χ2n) is 8.74. The lowest BCUT2D eigenvalue weighted by Crippen LogP contribution is -2.43. The maximum atomic E-state index is 10.6. The van der Waals surface area contributed by atoms with Gasteiger partial charge >= 0.3 is 0 Å². The molecule has 0 amide bonds. The third-order valence-corrected chi connectivity index (χ3v) is 7.69. The molecule has 0 radical (unpaired) electrons. The first kappa shape index (κ1) is 21.3. The van der Waals surface area contributed by atoms with Crippen LogP contribution in [0.3, 0.4) is 0 Å². The molecule has 1 aliphatic heterocycles. The molecular weight excluding hydrogens is 422 g/mol. The molecule has 0 saturated carbocycles. The highest BCUT2D eigenvalue weighted by molar-refractivity contribution is 7.19. The molecule has 2 aromatic carbocycles. The maximum absolute atomic E-state index is 10.6. The molecular formula is C26H29NO4S. The lowest BCUT2D eigenvalue weighted by Gasteiger charge is -2.37. The summed E-state index contributed by atoms with van der Waals surface area (Å²) < 4.78 is 18.0. The number of thiophene rings is 1. The normalized spacial score (nSPS) is 20.6. The Morgan fingerprint density at radius 1 is 1.22 bits per heavy atom. The zero-order valence-electron chi connectivity index (χ0n) is 18.5. The molecule has 168 valence electrons. The molecule has 5 rings (SSSR count). The van der Waals surface area contributed by atoms with Crippen molar-refractivity contribution in [2.75, 3.05) is 33.4 Å². The van der Waals surface area contributed by atoms with Crippen LogP contribution in [0.2, 0.25) is 0 Å². The second-order valence-corrected chi connectivity index (χ2v) is 9.85. The predicted octanol–water partition coefficient (Wildman–Crippen LogP) is 5.52. The van der Waals surface area contributed by atoms with E-state index in [0.717, 1.165) is 42.0 Å². The number of methoxy groups -OCH3 is 1. The van der Waals surface area contributed by atoms with Crippen LogP contribution >= 0.6 is 11.3 Å². The average molecular weight is 452 g/mol. The highest BCUT2D eigenvalue weighted by atomic mass is 32.1. The van der Waals surface area contributed by atoms with Gasteiger partial charge in [-0.05, 0) is 72.7 Å². The summed E-state index contributed by atoms with van der Waals surface area (Å²) in [5.74, 6) is 2.76. The molecule has 6 heteroatoms. The number of aliphatic hydroxyl groups excluding tert-OH is 1. The molecule has 0 bridgehead atoms. The zero-order chi connectivity index (χ0) is 22.1. The van der Waals surface area contributed by atoms with E-state index in [9.17, 15) is 5.11 Å². The molecule has 2 aromatic heterocycles. The van der Waals surface area contributed by atoms with Crippen molar-refractivity contribution in [3.63, 3.8) is 0 Å². The number of likely N-dealkylation sites (tertiary alicyclic amines) is 1. The summed E-state index contributed by atoms with van der Waals surface area (Å²) in [6, 6.07) is 16.3. The Balaban J connectivity index is 1.17. The molecule has 1 aliphatic rings. The Morgan fingerprint density at radius 2 is 2.12 bits per heavy atom. The summed E-state index contributed by atoms with van der Waals surface area (Å²) in [6.45, 7) is 5.20. The van der Waals surface area contributed by atoms with E-state index in [-0.39, 0.29) is 6.61 Å². The van der Waals surface area contributed by atoms with Crippen LogP contribution < -0.4 is 9.47 Å². The van der Waals surface area contributed by atoms with Crippen LogP contribution in [-0.2, 0) is 0 Å². The smallest absolute Gasteiger partial charge is 0.137 e. The number of nitrogens with zero attached hydrogens (tertiary/aromatic N) is 1. The van der Waals surface area contributed by atoms with Gasteiger partial charge in [0.05, 0.1) is 18.8 Å². The van der Waals surface area contributed by atoms with E-state index in [2.05, 4.69) is 30.0 Å². The van der Waals surface area contributed by atoms with Crippen LogP contribution in [0.15, 0.2) is 59.2 Å². The Kier molecular flexibility index (Phi) is 6.09. The highest BCUT2D eigenvalue weighted by Crippen LogP contribution is 2.40. The quantitative estimate of drug-likeness (QED) is 0.401. The van der Waals surface area contributed by atoms with Gasteiger partial charge in [0.1, 0.15) is 29.8 Å². The van der Waals surface area contributed by atoms with E-state index in [1.54, 1.807) is 13.4 Å². The van der Waals surface area contributed by atoms with Crippen molar-refractivity contribution in [2.24, 2.45) is 5.92 Å². The van der Waals surface area contributed by atoms with Crippen LogP contribution in [0, 0.1) is 5.92 Å². The van der Waals surface area contributed by atoms with Gasteiger partial charge in [0.25, 0.3) is 0 Å². The molecule has 0 unspecified atom stereocenters. The van der Waals surface area contributed by atoms with Gasteiger partial charge in [-0.2, -0.15) is 0 Å². The van der Waals surface area contributed by atoms with E-state index >= 15 is 0 Å². The fourth-order valence-electron chi connectivity index (χ4n) is 4.79. The van der Waals surface area contributed by atoms with Crippen LogP contribution in [0.25, 0.3) is 21.1 Å². The standard InChI is InChI=1S/C26H29NO4S/c1-17-14-27(15-19(28)16-31-24-5-3-4-23-22(24)9-11-30-23)10-8-21(17)26-12-18-6-7-20(29-2)13-25(18)32-26/h3-7,9,11-13,17,19,21,28H,8,10,14-16H2,1-2H3/t17-,19+,21-/m1/s1. The first-order valence-electron chi connectivity index (χ1n) is 11.2. The van der Waals surface area contributed by atoms with Crippen molar-refractivity contribution in [1.82, 2.24) is 4.90 Å². The van der Waals surface area contributed by atoms with Crippen LogP contribution in [-0.4, -0.2) is 49.5 Å². The highest BCUT2D eigenvalue weighted by Gasteiger charge is 2.29. The van der Waals surface area contributed by atoms with Crippen molar-refractivity contribution in [3.8, 4) is 11.5 Å². The summed E-state index contributed by atoms with van der Waals surface area (Å²) in [5, 5.41) is 12.8. The van der Waals surface area contributed by atoms with Crippen LogP contribution in [0.5, 0.6) is 11.5 Å². The molecule has 1 N–H and O–H groups in total. The van der Waals surface area contributed by atoms with Gasteiger partial charge in [-0.15, -0.1) is 11.3 Å². The van der Waals surface area contributed by atoms with E-state index in [0.29, 0.717) is 18.4 Å². The molecule has 32 heavy (non-hydrogen) atoms. The van der Waals surface area contributed by atoms with E-state index in [1.165, 1.54) is 15.0 Å². The van der Waals surface area contributed by atoms with E-state index in [1.807, 2.05) is 41.7 Å². The van der Waals surface area contributed by atoms with Gasteiger partial charge in [-0.1, -0.05) is 13.0 Å². The lowest BCUT2D eigenvalue weighted by atomic mass is 9.85. The van der Waals surface area contributed by atoms with Crippen molar-refractivity contribution >= 4 is 32.4 Å². The van der Waals surface area contributed by atoms with E-state index < -0.39 is 6.10 Å². The number of β-amino-alcohol motifs (C(OH)–C–C–N with tert-alkyl or cyclic N) is 1. The Hall–Kier alpha value is -2.54. The minimum Gasteiger partial charge on any atom is -0.497 e. The molecule has 3 heterocycles. The zero-order valence-corrected chi connectivity index (χ0v) is 19.3. The minimum absolute atomic E-state index is 0.275. The van der Waals surface area contributed by atoms with Gasteiger partial charge in [-0.3, -0.25) is 0 Å². The Morgan fingerprint density at radius 3 is 2.97 bits per heavy atom. The molecule has 1 fully saturated rings. The van der Waals surface area contributed by atoms with Gasteiger partial charge in [0, 0.05) is 22.7 Å². The molecule has 0 aliphatic carbocycles. The first-order chi connectivity index (χ1) is 15.6. The monoisotopic (exact) mass is 451 g/mol. The second kappa shape index (κ2) is 9.14. The third kappa shape index (κ3) is 4.35. The lowest BCUT2D eigenvalue weighted by molar-refractivity contribution is 0.0502. The average Bonchev–Trinajstić information content (AvgIpc) is 3.44. The number of aliphatic hydroxyl groups is 1. The van der Waals surface area contributed by atoms with Crippen LogP contribution in [0.4, 0.5) is 0 Å². The molecule has 0 spiro atoms. The largest absolute Gasteiger partial charge is 0.497 e. The number of rotatable bonds is 7. The van der Waals surface area contributed by atoms with E-state index in [4.69, 9.17) is 13.9 Å². The van der Waals surface area contributed by atoms with Crippen LogP contribution in [0.1, 0.15) is 24.1 Å². The summed E-state index contributed by atoms with van der Waals surface area (Å²) in [6.07, 6.45) is 2.23. The summed E-state index contributed by atoms with van der Waals surface area (Å²) in [7, 11) is 1.71. The number of benzene rings is 2. The molecule has 3 atom stereocenters. The van der Waals surface area contributed by atoms with Crippen molar-refractivity contribution in [2.45, 2.75) is 25.4 Å². The maximum Gasteiger partial charge on any atom is 0.137 e. The number of furan rings is 1. The van der Waals surface area contributed by atoms with Crippen molar-refractivity contribution in [3.05, 3.63) is 59.7 Å². The summed E-state index contributed by atoms with van der Waals surface area (Å²) in [5.41, 5.74) is 0.799. The fourth-order valence-corrected chi connectivity index (χ4v) is 6.15. The Labute approximate surface area is 192 Å². The Bertz CT molecular complexity index is 1200. The van der Waals surface area contributed by atoms with Gasteiger partial charge in [0.15, 0.2) is 0 Å². The third-order valence-electron chi connectivity index (χ3n) is 6.46. The summed E-state index contributed by atoms with van der Waals surface area (Å²) in [4.78, 5) is 3.82. The topological polar surface area (TPSA) is 55.1 Å². The number of hydrogen-bond donors (Lipinski definition) is 1. The molecule has 1 saturated heterocycles. The number of ether oxygens (including phenoxy) is 2. The van der Waals surface area contributed by atoms with Gasteiger partial charge in [-0.25, -0.2) is 0 Å². The number of piperidine rings is 1. The minimum atomic E-state index is -0.530. The van der Waals surface area contributed by atoms with Gasteiger partial charge < -0.3 is 23.9 Å². The predicted molar refractivity (Wildman–Crippen MR) is 129 cm³/mol. The summed E-state index contributed by atoms with van der Waals surface area (Å²) >= 11 is 1.88. The molecule has 4 aromatic rings. The number of fused-ring (bicyclic) bond motifs is 2. The molecule has 5 nitrogen and oxygen atoms in total. The fraction of sp³-hybridized carbons (Fsp3) is 0.385. The van der Waals surface area contributed by atoms with Gasteiger partial charge in [0.2, 0.25) is 0 Å². The van der Waals surface area contributed by atoms with Crippen molar-refractivity contribution < 1.29 is 19.0 Å². The SMILES string of the molecule is COc1ccc2cc([C@@H]3CCN(C[C@H](O)COc4cccc5occc45)C[C@H]3C)sc2c1.